The van der Waals surface area contributed by atoms with Gasteiger partial charge in [0.1, 0.15) is 6.26 Å². The van der Waals surface area contributed by atoms with E-state index in [1.165, 1.54) is 5.56 Å². The molecule has 6 nitrogen and oxygen atoms in total. The number of methoxy groups -OCH3 is 1. The third-order valence-electron chi connectivity index (χ3n) is 3.33. The van der Waals surface area contributed by atoms with Crippen molar-refractivity contribution in [2.75, 3.05) is 27.3 Å². The molecule has 2 aromatic rings. The SMILES string of the molecule is CN=C(NCCCOC)NCc1coc(-c2ccc(C)cc2)n1. The number of aliphatic imine (C=N–C) groups is 1. The van der Waals surface area contributed by atoms with E-state index >= 15 is 0 Å². The molecule has 124 valence electrons. The number of oxazole rings is 1. The Morgan fingerprint density at radius 2 is 2.04 bits per heavy atom. The zero-order chi connectivity index (χ0) is 16.5. The molecule has 2 rings (SSSR count). The highest BCUT2D eigenvalue weighted by Gasteiger charge is 2.07. The molecule has 0 unspecified atom stereocenters. The van der Waals surface area contributed by atoms with Crippen molar-refractivity contribution in [2.24, 2.45) is 4.99 Å². The second-order valence-corrected chi connectivity index (χ2v) is 5.21. The average molecular weight is 316 g/mol. The van der Waals surface area contributed by atoms with Crippen molar-refractivity contribution in [1.29, 1.82) is 0 Å². The van der Waals surface area contributed by atoms with Crippen molar-refractivity contribution in [3.05, 3.63) is 41.8 Å². The Hall–Kier alpha value is -2.34. The molecule has 1 aromatic carbocycles. The van der Waals surface area contributed by atoms with Gasteiger partial charge < -0.3 is 19.8 Å². The number of nitrogens with zero attached hydrogens (tertiary/aromatic N) is 2. The van der Waals surface area contributed by atoms with Gasteiger partial charge >= 0.3 is 0 Å². The summed E-state index contributed by atoms with van der Waals surface area (Å²) in [4.78, 5) is 8.66. The number of aromatic nitrogens is 1. The van der Waals surface area contributed by atoms with E-state index in [0.717, 1.165) is 36.8 Å². The number of ether oxygens (including phenoxy) is 1. The van der Waals surface area contributed by atoms with Crippen molar-refractivity contribution in [3.8, 4) is 11.5 Å². The van der Waals surface area contributed by atoms with E-state index in [0.29, 0.717) is 12.4 Å². The predicted octanol–water partition coefficient (Wildman–Crippen LogP) is 2.35. The fourth-order valence-electron chi connectivity index (χ4n) is 2.04. The number of aryl methyl sites for hydroxylation is 1. The van der Waals surface area contributed by atoms with Gasteiger partial charge in [-0.3, -0.25) is 4.99 Å². The van der Waals surface area contributed by atoms with Crippen molar-refractivity contribution < 1.29 is 9.15 Å². The van der Waals surface area contributed by atoms with Gasteiger partial charge in [0.05, 0.1) is 12.2 Å². The lowest BCUT2D eigenvalue weighted by molar-refractivity contribution is 0.195. The molecule has 1 heterocycles. The summed E-state index contributed by atoms with van der Waals surface area (Å²) in [6, 6.07) is 8.11. The van der Waals surface area contributed by atoms with E-state index in [2.05, 4.69) is 27.5 Å². The maximum atomic E-state index is 5.54. The minimum atomic E-state index is 0.555. The van der Waals surface area contributed by atoms with Gasteiger partial charge in [-0.05, 0) is 25.5 Å². The first-order valence-corrected chi connectivity index (χ1v) is 7.68. The molecule has 2 N–H and O–H groups in total. The Morgan fingerprint density at radius 3 is 2.74 bits per heavy atom. The number of benzene rings is 1. The molecule has 23 heavy (non-hydrogen) atoms. The van der Waals surface area contributed by atoms with Gasteiger partial charge in [-0.25, -0.2) is 4.98 Å². The molecule has 0 bridgehead atoms. The maximum Gasteiger partial charge on any atom is 0.226 e. The molecule has 0 atom stereocenters. The molecule has 0 spiro atoms. The van der Waals surface area contributed by atoms with Crippen LogP contribution in [0.2, 0.25) is 0 Å². The van der Waals surface area contributed by atoms with E-state index in [4.69, 9.17) is 9.15 Å². The molecule has 0 fully saturated rings. The van der Waals surface area contributed by atoms with Crippen LogP contribution in [-0.4, -0.2) is 38.3 Å². The minimum absolute atomic E-state index is 0.555. The van der Waals surface area contributed by atoms with Crippen molar-refractivity contribution in [3.63, 3.8) is 0 Å². The normalized spacial score (nSPS) is 11.5. The maximum absolute atomic E-state index is 5.54. The van der Waals surface area contributed by atoms with Crippen LogP contribution in [0.15, 0.2) is 39.9 Å². The fraction of sp³-hybridized carbons (Fsp3) is 0.412. The van der Waals surface area contributed by atoms with Crippen LogP contribution in [0.5, 0.6) is 0 Å². The lowest BCUT2D eigenvalue weighted by atomic mass is 10.1. The van der Waals surface area contributed by atoms with E-state index in [1.807, 2.05) is 24.3 Å². The van der Waals surface area contributed by atoms with Crippen LogP contribution in [0.4, 0.5) is 0 Å². The topological polar surface area (TPSA) is 71.7 Å². The Balaban J connectivity index is 1.85. The quantitative estimate of drug-likeness (QED) is 0.466. The van der Waals surface area contributed by atoms with Gasteiger partial charge in [0.25, 0.3) is 0 Å². The summed E-state index contributed by atoms with van der Waals surface area (Å²) in [5.41, 5.74) is 3.02. The zero-order valence-corrected chi connectivity index (χ0v) is 13.9. The molecule has 6 heteroatoms. The summed E-state index contributed by atoms with van der Waals surface area (Å²) in [5.74, 6) is 1.37. The molecule has 1 aromatic heterocycles. The molecular weight excluding hydrogens is 292 g/mol. The smallest absolute Gasteiger partial charge is 0.226 e. The van der Waals surface area contributed by atoms with Crippen LogP contribution in [0.25, 0.3) is 11.5 Å². The number of hydrogen-bond acceptors (Lipinski definition) is 4. The summed E-state index contributed by atoms with van der Waals surface area (Å²) < 4.78 is 10.6. The van der Waals surface area contributed by atoms with Crippen LogP contribution in [0.1, 0.15) is 17.7 Å². The summed E-state index contributed by atoms with van der Waals surface area (Å²) in [5, 5.41) is 6.43. The van der Waals surface area contributed by atoms with Crippen LogP contribution < -0.4 is 10.6 Å². The van der Waals surface area contributed by atoms with E-state index < -0.39 is 0 Å². The minimum Gasteiger partial charge on any atom is -0.444 e. The first kappa shape index (κ1) is 17.0. The largest absolute Gasteiger partial charge is 0.444 e. The standard InChI is InChI=1S/C17H24N4O2/c1-13-5-7-14(8-6-13)16-21-15(12-23-16)11-20-17(18-2)19-9-4-10-22-3/h5-8,12H,4,9-11H2,1-3H3,(H2,18,19,20). The molecule has 0 aliphatic carbocycles. The van der Waals surface area contributed by atoms with Crippen molar-refractivity contribution in [1.82, 2.24) is 15.6 Å². The number of rotatable bonds is 7. The fourth-order valence-corrected chi connectivity index (χ4v) is 2.04. The molecule has 0 saturated heterocycles. The van der Waals surface area contributed by atoms with Crippen molar-refractivity contribution >= 4 is 5.96 Å². The Bertz CT molecular complexity index is 620. The molecule has 0 aliphatic heterocycles. The van der Waals surface area contributed by atoms with E-state index in [1.54, 1.807) is 20.4 Å². The Kier molecular flexibility index (Phi) is 6.62. The van der Waals surface area contributed by atoms with E-state index in [-0.39, 0.29) is 0 Å². The van der Waals surface area contributed by atoms with Crippen LogP contribution in [-0.2, 0) is 11.3 Å². The number of guanidine groups is 1. The molecule has 0 saturated carbocycles. The highest BCUT2D eigenvalue weighted by molar-refractivity contribution is 5.79. The van der Waals surface area contributed by atoms with Gasteiger partial charge in [-0.1, -0.05) is 17.7 Å². The monoisotopic (exact) mass is 316 g/mol. The number of hydrogen-bond donors (Lipinski definition) is 2. The van der Waals surface area contributed by atoms with Gasteiger partial charge in [0.2, 0.25) is 5.89 Å². The second-order valence-electron chi connectivity index (χ2n) is 5.21. The molecule has 0 radical (unpaired) electrons. The molecule has 0 amide bonds. The van der Waals surface area contributed by atoms with Gasteiger partial charge in [0, 0.05) is 32.9 Å². The first-order chi connectivity index (χ1) is 11.2. The summed E-state index contributed by atoms with van der Waals surface area (Å²) in [7, 11) is 3.44. The highest BCUT2D eigenvalue weighted by Crippen LogP contribution is 2.18. The highest BCUT2D eigenvalue weighted by atomic mass is 16.5. The van der Waals surface area contributed by atoms with Crippen molar-refractivity contribution in [2.45, 2.75) is 19.9 Å². The lowest BCUT2D eigenvalue weighted by Crippen LogP contribution is -2.37. The van der Waals surface area contributed by atoms with Gasteiger partial charge in [0.15, 0.2) is 5.96 Å². The first-order valence-electron chi connectivity index (χ1n) is 7.68. The van der Waals surface area contributed by atoms with Crippen LogP contribution >= 0.6 is 0 Å². The summed E-state index contributed by atoms with van der Waals surface area (Å²) in [6.07, 6.45) is 2.60. The number of nitrogens with one attached hydrogen (secondary N) is 2. The predicted molar refractivity (Wildman–Crippen MR) is 91.4 cm³/mol. The zero-order valence-electron chi connectivity index (χ0n) is 13.9. The second kappa shape index (κ2) is 8.95. The third-order valence-corrected chi connectivity index (χ3v) is 3.33. The summed E-state index contributed by atoms with van der Waals surface area (Å²) >= 11 is 0. The average Bonchev–Trinajstić information content (AvgIpc) is 3.04. The Labute approximate surface area is 137 Å². The third kappa shape index (κ3) is 5.41. The van der Waals surface area contributed by atoms with Crippen LogP contribution in [0.3, 0.4) is 0 Å². The Morgan fingerprint density at radius 1 is 1.26 bits per heavy atom. The molecular formula is C17H24N4O2. The lowest BCUT2D eigenvalue weighted by Gasteiger charge is -2.10. The van der Waals surface area contributed by atoms with E-state index in [9.17, 15) is 0 Å². The van der Waals surface area contributed by atoms with Crippen LogP contribution in [0, 0.1) is 6.92 Å². The van der Waals surface area contributed by atoms with Gasteiger partial charge in [-0.15, -0.1) is 0 Å². The molecule has 0 aliphatic rings. The van der Waals surface area contributed by atoms with Gasteiger partial charge in [-0.2, -0.15) is 0 Å². The summed E-state index contributed by atoms with van der Waals surface area (Å²) in [6.45, 7) is 4.15.